The molecule has 0 aliphatic heterocycles. The number of hydrogen-bond donors (Lipinski definition) is 2. The van der Waals surface area contributed by atoms with Gasteiger partial charge in [-0.3, -0.25) is 9.59 Å². The maximum atomic E-state index is 12.6. The number of halogens is 3. The Morgan fingerprint density at radius 3 is 2.36 bits per heavy atom. The highest BCUT2D eigenvalue weighted by Crippen LogP contribution is 2.32. The van der Waals surface area contributed by atoms with Gasteiger partial charge in [-0.1, -0.05) is 6.92 Å². The van der Waals surface area contributed by atoms with Crippen molar-refractivity contribution in [3.05, 3.63) is 16.1 Å². The van der Waals surface area contributed by atoms with Crippen LogP contribution in [0.5, 0.6) is 0 Å². The summed E-state index contributed by atoms with van der Waals surface area (Å²) in [6.45, 7) is 6.03. The molecule has 5 nitrogen and oxygen atoms in total. The first kappa shape index (κ1) is 18.4. The van der Waals surface area contributed by atoms with E-state index in [0.717, 1.165) is 16.7 Å². The Labute approximate surface area is 130 Å². The van der Waals surface area contributed by atoms with Crippen LogP contribution >= 0.6 is 11.3 Å². The average molecular weight is 337 g/mol. The molecule has 22 heavy (non-hydrogen) atoms. The highest BCUT2D eigenvalue weighted by atomic mass is 32.1. The number of nitrogens with zero attached hydrogens (tertiary/aromatic N) is 1. The van der Waals surface area contributed by atoms with Crippen molar-refractivity contribution < 1.29 is 22.8 Å². The summed E-state index contributed by atoms with van der Waals surface area (Å²) in [7, 11) is 0. The summed E-state index contributed by atoms with van der Waals surface area (Å²) in [5.74, 6) is -0.861. The monoisotopic (exact) mass is 337 g/mol. The van der Waals surface area contributed by atoms with Crippen molar-refractivity contribution in [3.63, 3.8) is 0 Å². The molecular formula is C13H18F3N3O2S. The van der Waals surface area contributed by atoms with E-state index in [1.807, 2.05) is 0 Å². The van der Waals surface area contributed by atoms with Crippen molar-refractivity contribution in [1.82, 2.24) is 15.6 Å². The molecule has 1 atom stereocenters. The zero-order chi connectivity index (χ0) is 17.1. The highest BCUT2D eigenvalue weighted by Gasteiger charge is 2.35. The van der Waals surface area contributed by atoms with Gasteiger partial charge in [0.05, 0.1) is 6.04 Å². The first-order chi connectivity index (χ1) is 9.97. The van der Waals surface area contributed by atoms with E-state index >= 15 is 0 Å². The lowest BCUT2D eigenvalue weighted by atomic mass is 10.0. The summed E-state index contributed by atoms with van der Waals surface area (Å²) in [5, 5.41) is 6.20. The third-order valence-electron chi connectivity index (χ3n) is 2.88. The number of alkyl halides is 3. The fourth-order valence-electron chi connectivity index (χ4n) is 1.75. The van der Waals surface area contributed by atoms with Crippen LogP contribution in [0.1, 0.15) is 50.9 Å². The van der Waals surface area contributed by atoms with Crippen LogP contribution < -0.4 is 10.6 Å². The molecule has 0 fully saturated rings. The Balaban J connectivity index is 2.87. The van der Waals surface area contributed by atoms with E-state index in [2.05, 4.69) is 15.6 Å². The maximum Gasteiger partial charge on any atom is 0.434 e. The Morgan fingerprint density at radius 2 is 1.95 bits per heavy atom. The molecule has 2 amide bonds. The molecule has 0 aromatic carbocycles. The van der Waals surface area contributed by atoms with Gasteiger partial charge in [0.2, 0.25) is 11.8 Å². The average Bonchev–Trinajstić information content (AvgIpc) is 2.83. The van der Waals surface area contributed by atoms with Gasteiger partial charge in [-0.05, 0) is 20.3 Å². The molecule has 1 rings (SSSR count). The lowest BCUT2D eigenvalue weighted by Gasteiger charge is -2.26. The van der Waals surface area contributed by atoms with Crippen LogP contribution in [0, 0.1) is 0 Å². The summed E-state index contributed by atoms with van der Waals surface area (Å²) in [6.07, 6.45) is -4.13. The molecule has 1 aromatic heterocycles. The summed E-state index contributed by atoms with van der Waals surface area (Å²) in [6, 6.07) is -0.637. The van der Waals surface area contributed by atoms with Gasteiger partial charge < -0.3 is 10.6 Å². The second-order valence-electron chi connectivity index (χ2n) is 5.31. The molecule has 1 heterocycles. The Kier molecular flexibility index (Phi) is 5.55. The van der Waals surface area contributed by atoms with Gasteiger partial charge in [-0.25, -0.2) is 4.98 Å². The van der Waals surface area contributed by atoms with Crippen LogP contribution in [-0.2, 0) is 15.8 Å². The smallest absolute Gasteiger partial charge is 0.345 e. The topological polar surface area (TPSA) is 71.1 Å². The first-order valence-electron chi connectivity index (χ1n) is 6.59. The van der Waals surface area contributed by atoms with E-state index in [-0.39, 0.29) is 10.9 Å². The number of rotatable bonds is 5. The quantitative estimate of drug-likeness (QED) is 0.868. The van der Waals surface area contributed by atoms with E-state index in [1.165, 1.54) is 20.8 Å². The van der Waals surface area contributed by atoms with Crippen LogP contribution in [0.3, 0.4) is 0 Å². The molecule has 0 aliphatic carbocycles. The van der Waals surface area contributed by atoms with Crippen LogP contribution in [0.2, 0.25) is 0 Å². The van der Waals surface area contributed by atoms with Gasteiger partial charge in [0.15, 0.2) is 5.69 Å². The first-order valence-corrected chi connectivity index (χ1v) is 7.47. The molecule has 2 N–H and O–H groups in total. The number of carbonyl (C=O) groups is 2. The van der Waals surface area contributed by atoms with E-state index in [4.69, 9.17) is 0 Å². The second kappa shape index (κ2) is 6.64. The van der Waals surface area contributed by atoms with Gasteiger partial charge in [0.25, 0.3) is 0 Å². The third-order valence-corrected chi connectivity index (χ3v) is 3.84. The molecule has 1 unspecified atom stereocenters. The van der Waals surface area contributed by atoms with E-state index in [1.54, 1.807) is 6.92 Å². The number of amides is 2. The molecule has 0 saturated carbocycles. The summed E-state index contributed by atoms with van der Waals surface area (Å²) in [5.41, 5.74) is -2.13. The molecule has 1 aromatic rings. The van der Waals surface area contributed by atoms with Crippen LogP contribution in [0.4, 0.5) is 13.2 Å². The Hall–Kier alpha value is -1.64. The fraction of sp³-hybridized carbons (Fsp3) is 0.615. The standard InChI is InChI=1S/C13H18F3N3O2S/c1-5-8(10-18-9(6-22-10)13(14,15)16)17-11(21)12(3,4)19-7(2)20/h6,8H,5H2,1-4H3,(H,17,21)(H,19,20). The van der Waals surface area contributed by atoms with E-state index in [0.29, 0.717) is 6.42 Å². The SMILES string of the molecule is CCC(NC(=O)C(C)(C)NC(C)=O)c1nc(C(F)(F)F)cs1. The lowest BCUT2D eigenvalue weighted by Crippen LogP contribution is -2.54. The van der Waals surface area contributed by atoms with Gasteiger partial charge in [-0.2, -0.15) is 13.2 Å². The fourth-order valence-corrected chi connectivity index (χ4v) is 2.71. The van der Waals surface area contributed by atoms with Crippen molar-refractivity contribution in [2.75, 3.05) is 0 Å². The minimum atomic E-state index is -4.51. The second-order valence-corrected chi connectivity index (χ2v) is 6.20. The summed E-state index contributed by atoms with van der Waals surface area (Å²) < 4.78 is 37.7. The minimum Gasteiger partial charge on any atom is -0.345 e. The van der Waals surface area contributed by atoms with Crippen molar-refractivity contribution in [3.8, 4) is 0 Å². The predicted octanol–water partition coefficient (Wildman–Crippen LogP) is 2.64. The maximum absolute atomic E-state index is 12.6. The zero-order valence-corrected chi connectivity index (χ0v) is 13.5. The van der Waals surface area contributed by atoms with Gasteiger partial charge >= 0.3 is 6.18 Å². The van der Waals surface area contributed by atoms with Crippen molar-refractivity contribution in [2.45, 2.75) is 51.9 Å². The third kappa shape index (κ3) is 4.69. The molecule has 0 saturated heterocycles. The summed E-state index contributed by atoms with van der Waals surface area (Å²) >= 11 is 0.842. The largest absolute Gasteiger partial charge is 0.434 e. The number of thiazole rings is 1. The molecule has 0 aliphatic rings. The van der Waals surface area contributed by atoms with Gasteiger partial charge in [0.1, 0.15) is 10.5 Å². The Morgan fingerprint density at radius 1 is 1.36 bits per heavy atom. The normalized spacial score (nSPS) is 13.6. The van der Waals surface area contributed by atoms with Crippen LogP contribution in [0.25, 0.3) is 0 Å². The highest BCUT2D eigenvalue weighted by molar-refractivity contribution is 7.09. The molecule has 0 spiro atoms. The molecule has 0 radical (unpaired) electrons. The number of hydrogen-bond acceptors (Lipinski definition) is 4. The van der Waals surface area contributed by atoms with Crippen LogP contribution in [-0.4, -0.2) is 22.3 Å². The molecule has 124 valence electrons. The van der Waals surface area contributed by atoms with Gasteiger partial charge in [0, 0.05) is 12.3 Å². The zero-order valence-electron chi connectivity index (χ0n) is 12.7. The van der Waals surface area contributed by atoms with Crippen molar-refractivity contribution >= 4 is 23.2 Å². The molecule has 9 heteroatoms. The van der Waals surface area contributed by atoms with Gasteiger partial charge in [-0.15, -0.1) is 11.3 Å². The van der Waals surface area contributed by atoms with E-state index < -0.39 is 29.4 Å². The van der Waals surface area contributed by atoms with Crippen molar-refractivity contribution in [1.29, 1.82) is 0 Å². The summed E-state index contributed by atoms with van der Waals surface area (Å²) in [4.78, 5) is 26.8. The molecular weight excluding hydrogens is 319 g/mol. The molecule has 0 bridgehead atoms. The lowest BCUT2D eigenvalue weighted by molar-refractivity contribution is -0.140. The predicted molar refractivity (Wildman–Crippen MR) is 76.2 cm³/mol. The van der Waals surface area contributed by atoms with Crippen molar-refractivity contribution in [2.24, 2.45) is 0 Å². The number of carbonyl (C=O) groups excluding carboxylic acids is 2. The number of aromatic nitrogens is 1. The minimum absolute atomic E-state index is 0.182. The van der Waals surface area contributed by atoms with E-state index in [9.17, 15) is 22.8 Å². The number of nitrogens with one attached hydrogen (secondary N) is 2. The Bertz CT molecular complexity index is 555. The van der Waals surface area contributed by atoms with Crippen LogP contribution in [0.15, 0.2) is 5.38 Å².